The molecule has 0 fully saturated rings. The smallest absolute Gasteiger partial charge is 0.352 e. The standard InChI is InChI=1S/C12H13N5O3/c1-3-14-12-15-8(2)10(17(18)19)11(16-12)20-9-5-4-6-13-7-9/h4-7H,3H2,1-2H3,(H,14,15,16). The monoisotopic (exact) mass is 275 g/mol. The molecule has 8 nitrogen and oxygen atoms in total. The number of aromatic nitrogens is 3. The highest BCUT2D eigenvalue weighted by Gasteiger charge is 2.24. The van der Waals surface area contributed by atoms with Crippen LogP contribution in [0, 0.1) is 17.0 Å². The molecule has 2 rings (SSSR count). The fourth-order valence-electron chi connectivity index (χ4n) is 1.58. The van der Waals surface area contributed by atoms with Crippen LogP contribution in [-0.2, 0) is 0 Å². The van der Waals surface area contributed by atoms with Crippen molar-refractivity contribution in [2.24, 2.45) is 0 Å². The number of aryl methyl sites for hydroxylation is 1. The third-order valence-corrected chi connectivity index (χ3v) is 2.39. The Balaban J connectivity index is 2.45. The molecule has 2 heterocycles. The van der Waals surface area contributed by atoms with Gasteiger partial charge in [0.1, 0.15) is 11.4 Å². The molecule has 0 spiro atoms. The maximum atomic E-state index is 11.1. The number of ether oxygens (including phenoxy) is 1. The minimum atomic E-state index is -0.559. The third kappa shape index (κ3) is 2.97. The van der Waals surface area contributed by atoms with Crippen LogP contribution in [0.1, 0.15) is 12.6 Å². The second-order valence-electron chi connectivity index (χ2n) is 3.86. The van der Waals surface area contributed by atoms with Crippen LogP contribution in [0.2, 0.25) is 0 Å². The highest BCUT2D eigenvalue weighted by molar-refractivity contribution is 5.50. The van der Waals surface area contributed by atoms with Crippen LogP contribution >= 0.6 is 0 Å². The summed E-state index contributed by atoms with van der Waals surface area (Å²) < 4.78 is 5.44. The van der Waals surface area contributed by atoms with E-state index in [-0.39, 0.29) is 23.2 Å². The maximum Gasteiger partial charge on any atom is 0.352 e. The first kappa shape index (κ1) is 13.7. The molecule has 20 heavy (non-hydrogen) atoms. The molecule has 0 bridgehead atoms. The summed E-state index contributed by atoms with van der Waals surface area (Å²) in [6, 6.07) is 3.31. The summed E-state index contributed by atoms with van der Waals surface area (Å²) in [5, 5.41) is 14.0. The number of nitro groups is 1. The van der Waals surface area contributed by atoms with Crippen molar-refractivity contribution in [1.29, 1.82) is 0 Å². The number of hydrogen-bond donors (Lipinski definition) is 1. The number of nitrogens with zero attached hydrogens (tertiary/aromatic N) is 4. The first-order valence-electron chi connectivity index (χ1n) is 5.96. The normalized spacial score (nSPS) is 10.1. The maximum absolute atomic E-state index is 11.1. The van der Waals surface area contributed by atoms with E-state index >= 15 is 0 Å². The molecule has 0 aliphatic rings. The summed E-state index contributed by atoms with van der Waals surface area (Å²) in [6.45, 7) is 4.02. The van der Waals surface area contributed by atoms with E-state index in [1.54, 1.807) is 18.3 Å². The van der Waals surface area contributed by atoms with E-state index in [4.69, 9.17) is 4.74 Å². The van der Waals surface area contributed by atoms with Gasteiger partial charge in [-0.3, -0.25) is 15.1 Å². The quantitative estimate of drug-likeness (QED) is 0.659. The van der Waals surface area contributed by atoms with Gasteiger partial charge in [0.2, 0.25) is 5.95 Å². The third-order valence-electron chi connectivity index (χ3n) is 2.39. The summed E-state index contributed by atoms with van der Waals surface area (Å²) in [4.78, 5) is 22.5. The molecule has 2 aromatic heterocycles. The first-order valence-corrected chi connectivity index (χ1v) is 5.96. The fourth-order valence-corrected chi connectivity index (χ4v) is 1.58. The van der Waals surface area contributed by atoms with Crippen LogP contribution in [0.5, 0.6) is 11.6 Å². The molecule has 0 aromatic carbocycles. The Morgan fingerprint density at radius 3 is 2.85 bits per heavy atom. The van der Waals surface area contributed by atoms with Gasteiger partial charge < -0.3 is 10.1 Å². The van der Waals surface area contributed by atoms with Gasteiger partial charge in [0.05, 0.1) is 11.1 Å². The van der Waals surface area contributed by atoms with Gasteiger partial charge in [-0.15, -0.1) is 0 Å². The van der Waals surface area contributed by atoms with Crippen LogP contribution in [0.15, 0.2) is 24.5 Å². The van der Waals surface area contributed by atoms with Gasteiger partial charge in [-0.2, -0.15) is 4.98 Å². The Kier molecular flexibility index (Phi) is 4.04. The van der Waals surface area contributed by atoms with E-state index in [0.717, 1.165) is 0 Å². The van der Waals surface area contributed by atoms with Crippen LogP contribution < -0.4 is 10.1 Å². The minimum Gasteiger partial charge on any atom is -0.432 e. The summed E-state index contributed by atoms with van der Waals surface area (Å²) in [5.41, 5.74) is -0.0182. The van der Waals surface area contributed by atoms with Crippen molar-refractivity contribution in [2.45, 2.75) is 13.8 Å². The van der Waals surface area contributed by atoms with Crippen LogP contribution in [0.4, 0.5) is 11.6 Å². The zero-order valence-corrected chi connectivity index (χ0v) is 11.0. The van der Waals surface area contributed by atoms with Crippen molar-refractivity contribution in [2.75, 3.05) is 11.9 Å². The van der Waals surface area contributed by atoms with Crippen LogP contribution in [-0.4, -0.2) is 26.4 Å². The van der Waals surface area contributed by atoms with Crippen LogP contribution in [0.3, 0.4) is 0 Å². The summed E-state index contributed by atoms with van der Waals surface area (Å²) in [6.07, 6.45) is 3.03. The summed E-state index contributed by atoms with van der Waals surface area (Å²) in [7, 11) is 0. The van der Waals surface area contributed by atoms with Crippen LogP contribution in [0.25, 0.3) is 0 Å². The highest BCUT2D eigenvalue weighted by atomic mass is 16.6. The van der Waals surface area contributed by atoms with Crippen molar-refractivity contribution in [3.63, 3.8) is 0 Å². The van der Waals surface area contributed by atoms with Crippen molar-refractivity contribution >= 4 is 11.6 Å². The van der Waals surface area contributed by atoms with Crippen molar-refractivity contribution in [1.82, 2.24) is 15.0 Å². The Hall–Kier alpha value is -2.77. The second-order valence-corrected chi connectivity index (χ2v) is 3.86. The largest absolute Gasteiger partial charge is 0.432 e. The molecule has 0 saturated carbocycles. The SMILES string of the molecule is CCNc1nc(C)c([N+](=O)[O-])c(Oc2cccnc2)n1. The van der Waals surface area contributed by atoms with Gasteiger partial charge in [0.25, 0.3) is 0 Å². The first-order chi connectivity index (χ1) is 9.61. The number of anilines is 1. The Bertz CT molecular complexity index is 618. The van der Waals surface area contributed by atoms with E-state index in [1.165, 1.54) is 13.1 Å². The molecule has 0 unspecified atom stereocenters. The molecular formula is C12H13N5O3. The molecule has 0 aliphatic carbocycles. The molecule has 1 N–H and O–H groups in total. The van der Waals surface area contributed by atoms with Gasteiger partial charge in [-0.05, 0) is 26.0 Å². The summed E-state index contributed by atoms with van der Waals surface area (Å²) >= 11 is 0. The van der Waals surface area contributed by atoms with E-state index in [2.05, 4.69) is 20.3 Å². The molecule has 0 atom stereocenters. The van der Waals surface area contributed by atoms with Gasteiger partial charge in [0, 0.05) is 12.7 Å². The number of nitrogens with one attached hydrogen (secondary N) is 1. The second kappa shape index (κ2) is 5.91. The molecule has 104 valence electrons. The fraction of sp³-hybridized carbons (Fsp3) is 0.250. The van der Waals surface area contributed by atoms with Crippen molar-refractivity contribution < 1.29 is 9.66 Å². The van der Waals surface area contributed by atoms with Crippen molar-refractivity contribution in [3.8, 4) is 11.6 Å². The van der Waals surface area contributed by atoms with E-state index in [9.17, 15) is 10.1 Å². The highest BCUT2D eigenvalue weighted by Crippen LogP contribution is 2.31. The molecule has 8 heteroatoms. The lowest BCUT2D eigenvalue weighted by molar-refractivity contribution is -0.386. The predicted molar refractivity (Wildman–Crippen MR) is 71.9 cm³/mol. The topological polar surface area (TPSA) is 103 Å². The Morgan fingerprint density at radius 1 is 1.45 bits per heavy atom. The molecule has 2 aromatic rings. The van der Waals surface area contributed by atoms with Gasteiger partial charge in [-0.1, -0.05) is 0 Å². The van der Waals surface area contributed by atoms with Gasteiger partial charge in [0.15, 0.2) is 0 Å². The molecule has 0 radical (unpaired) electrons. The lowest BCUT2D eigenvalue weighted by atomic mass is 10.3. The average molecular weight is 275 g/mol. The number of pyridine rings is 1. The van der Waals surface area contributed by atoms with Gasteiger partial charge >= 0.3 is 11.6 Å². The number of hydrogen-bond acceptors (Lipinski definition) is 7. The zero-order valence-electron chi connectivity index (χ0n) is 11.0. The molecular weight excluding hydrogens is 262 g/mol. The van der Waals surface area contributed by atoms with Crippen molar-refractivity contribution in [3.05, 3.63) is 40.3 Å². The van der Waals surface area contributed by atoms with E-state index in [0.29, 0.717) is 12.3 Å². The van der Waals surface area contributed by atoms with Gasteiger partial charge in [-0.25, -0.2) is 4.98 Å². The number of rotatable bonds is 5. The zero-order chi connectivity index (χ0) is 14.5. The van der Waals surface area contributed by atoms with E-state index < -0.39 is 4.92 Å². The molecule has 0 saturated heterocycles. The minimum absolute atomic E-state index is 0.105. The Labute approximate surface area is 115 Å². The average Bonchev–Trinajstić information content (AvgIpc) is 2.39. The predicted octanol–water partition coefficient (Wildman–Crippen LogP) is 2.31. The molecule has 0 aliphatic heterocycles. The Morgan fingerprint density at radius 2 is 2.25 bits per heavy atom. The van der Waals surface area contributed by atoms with E-state index in [1.807, 2.05) is 6.92 Å². The summed E-state index contributed by atoms with van der Waals surface area (Å²) in [5.74, 6) is 0.553. The lowest BCUT2D eigenvalue weighted by Gasteiger charge is -2.08. The lowest BCUT2D eigenvalue weighted by Crippen LogP contribution is -2.07. The molecule has 0 amide bonds.